The topological polar surface area (TPSA) is 64.6 Å². The van der Waals surface area contributed by atoms with Crippen LogP contribution >= 0.6 is 0 Å². The molecule has 0 aromatic heterocycles. The van der Waals surface area contributed by atoms with Crippen LogP contribution in [-0.4, -0.2) is 18.5 Å². The quantitative estimate of drug-likeness (QED) is 0.634. The van der Waals surface area contributed by atoms with Crippen LogP contribution in [-0.2, 0) is 4.74 Å². The van der Waals surface area contributed by atoms with Crippen molar-refractivity contribution in [3.8, 4) is 11.5 Å². The van der Waals surface area contributed by atoms with Gasteiger partial charge in [0.1, 0.15) is 11.5 Å². The first-order valence-electron chi connectivity index (χ1n) is 8.57. The van der Waals surface area contributed by atoms with Crippen LogP contribution in [0.5, 0.6) is 11.5 Å². The fourth-order valence-corrected chi connectivity index (χ4v) is 2.47. The molecule has 3 aromatic carbocycles. The van der Waals surface area contributed by atoms with Crippen molar-refractivity contribution in [2.75, 3.05) is 11.9 Å². The largest absolute Gasteiger partial charge is 0.462 e. The zero-order valence-corrected chi connectivity index (χ0v) is 14.8. The van der Waals surface area contributed by atoms with Crippen molar-refractivity contribution in [1.29, 1.82) is 0 Å². The molecule has 0 spiro atoms. The number of anilines is 1. The van der Waals surface area contributed by atoms with E-state index in [1.807, 2.05) is 30.3 Å². The second kappa shape index (κ2) is 8.67. The Hall–Kier alpha value is -3.60. The van der Waals surface area contributed by atoms with Crippen LogP contribution in [0, 0.1) is 0 Å². The standard InChI is InChI=1S/C22H19NO4/c1-2-26-22(25)17-9-6-10-18(14-17)23-21(24)16-8-7-13-20(15-16)27-19-11-4-3-5-12-19/h3-15H,2H2,1H3,(H,23,24). The number of para-hydroxylation sites is 1. The molecule has 0 fully saturated rings. The Morgan fingerprint density at radius 3 is 2.30 bits per heavy atom. The van der Waals surface area contributed by atoms with Crippen LogP contribution in [0.15, 0.2) is 78.9 Å². The minimum absolute atomic E-state index is 0.295. The Balaban J connectivity index is 1.72. The van der Waals surface area contributed by atoms with Crippen molar-refractivity contribution < 1.29 is 19.1 Å². The lowest BCUT2D eigenvalue weighted by molar-refractivity contribution is 0.0526. The summed E-state index contributed by atoms with van der Waals surface area (Å²) in [5.41, 5.74) is 1.35. The van der Waals surface area contributed by atoms with Gasteiger partial charge >= 0.3 is 5.97 Å². The van der Waals surface area contributed by atoms with Gasteiger partial charge in [-0.05, 0) is 55.5 Å². The third kappa shape index (κ3) is 4.95. The average molecular weight is 361 g/mol. The summed E-state index contributed by atoms with van der Waals surface area (Å²) < 4.78 is 10.7. The third-order valence-corrected chi connectivity index (χ3v) is 3.71. The first-order valence-corrected chi connectivity index (χ1v) is 8.57. The second-order valence-electron chi connectivity index (χ2n) is 5.70. The number of hydrogen-bond acceptors (Lipinski definition) is 4. The summed E-state index contributed by atoms with van der Waals surface area (Å²) in [6.45, 7) is 2.04. The van der Waals surface area contributed by atoms with E-state index in [1.54, 1.807) is 55.5 Å². The Labute approximate surface area is 157 Å². The number of amides is 1. The number of carbonyl (C=O) groups is 2. The van der Waals surface area contributed by atoms with Gasteiger partial charge in [-0.2, -0.15) is 0 Å². The number of esters is 1. The molecule has 0 atom stereocenters. The van der Waals surface area contributed by atoms with Gasteiger partial charge in [-0.15, -0.1) is 0 Å². The Morgan fingerprint density at radius 2 is 1.52 bits per heavy atom. The molecule has 5 heteroatoms. The Bertz CT molecular complexity index is 938. The van der Waals surface area contributed by atoms with E-state index < -0.39 is 5.97 Å². The van der Waals surface area contributed by atoms with Crippen LogP contribution in [0.1, 0.15) is 27.6 Å². The maximum atomic E-state index is 12.5. The van der Waals surface area contributed by atoms with E-state index in [2.05, 4.69) is 5.32 Å². The SMILES string of the molecule is CCOC(=O)c1cccc(NC(=O)c2cccc(Oc3ccccc3)c2)c1. The van der Waals surface area contributed by atoms with Crippen LogP contribution in [0.25, 0.3) is 0 Å². The number of carbonyl (C=O) groups excluding carboxylic acids is 2. The molecule has 0 saturated carbocycles. The number of rotatable bonds is 6. The number of hydrogen-bond donors (Lipinski definition) is 1. The van der Waals surface area contributed by atoms with Crippen LogP contribution in [0.4, 0.5) is 5.69 Å². The maximum Gasteiger partial charge on any atom is 0.338 e. The van der Waals surface area contributed by atoms with E-state index in [0.717, 1.165) is 0 Å². The molecular formula is C22H19NO4. The molecule has 0 saturated heterocycles. The van der Waals surface area contributed by atoms with Gasteiger partial charge in [0, 0.05) is 11.3 Å². The van der Waals surface area contributed by atoms with Gasteiger partial charge in [0.2, 0.25) is 0 Å². The van der Waals surface area contributed by atoms with E-state index >= 15 is 0 Å². The summed E-state index contributed by atoms with van der Waals surface area (Å²) in [6.07, 6.45) is 0. The van der Waals surface area contributed by atoms with Crippen molar-refractivity contribution in [2.24, 2.45) is 0 Å². The fourth-order valence-electron chi connectivity index (χ4n) is 2.47. The first-order chi connectivity index (χ1) is 13.2. The highest BCUT2D eigenvalue weighted by atomic mass is 16.5. The molecule has 0 unspecified atom stereocenters. The minimum atomic E-state index is -0.424. The van der Waals surface area contributed by atoms with Crippen LogP contribution < -0.4 is 10.1 Å². The molecule has 0 heterocycles. The molecule has 3 rings (SSSR count). The Morgan fingerprint density at radius 1 is 0.815 bits per heavy atom. The van der Waals surface area contributed by atoms with Crippen molar-refractivity contribution in [1.82, 2.24) is 0 Å². The molecule has 0 bridgehead atoms. The summed E-state index contributed by atoms with van der Waals surface area (Å²) in [6, 6.07) is 22.9. The summed E-state index contributed by atoms with van der Waals surface area (Å²) >= 11 is 0. The highest BCUT2D eigenvalue weighted by Gasteiger charge is 2.11. The van der Waals surface area contributed by atoms with E-state index in [-0.39, 0.29) is 5.91 Å². The number of benzene rings is 3. The Kier molecular flexibility index (Phi) is 5.84. The normalized spacial score (nSPS) is 10.1. The van der Waals surface area contributed by atoms with Gasteiger partial charge in [-0.1, -0.05) is 30.3 Å². The molecule has 136 valence electrons. The van der Waals surface area contributed by atoms with Crippen LogP contribution in [0.3, 0.4) is 0 Å². The third-order valence-electron chi connectivity index (χ3n) is 3.71. The summed E-state index contributed by atoms with van der Waals surface area (Å²) in [7, 11) is 0. The smallest absolute Gasteiger partial charge is 0.338 e. The zero-order chi connectivity index (χ0) is 19.1. The highest BCUT2D eigenvalue weighted by Crippen LogP contribution is 2.22. The maximum absolute atomic E-state index is 12.5. The summed E-state index contributed by atoms with van der Waals surface area (Å²) in [4.78, 5) is 24.4. The van der Waals surface area contributed by atoms with Crippen molar-refractivity contribution in [3.63, 3.8) is 0 Å². The predicted octanol–water partition coefficient (Wildman–Crippen LogP) is 4.91. The van der Waals surface area contributed by atoms with Crippen molar-refractivity contribution >= 4 is 17.6 Å². The second-order valence-corrected chi connectivity index (χ2v) is 5.70. The molecule has 1 amide bonds. The first kappa shape index (κ1) is 18.2. The summed E-state index contributed by atoms with van der Waals surface area (Å²) in [5, 5.41) is 2.78. The lowest BCUT2D eigenvalue weighted by atomic mass is 10.1. The lowest BCUT2D eigenvalue weighted by Gasteiger charge is -2.09. The molecule has 27 heavy (non-hydrogen) atoms. The van der Waals surface area contributed by atoms with E-state index in [0.29, 0.717) is 34.9 Å². The number of ether oxygens (including phenoxy) is 2. The van der Waals surface area contributed by atoms with Crippen molar-refractivity contribution in [2.45, 2.75) is 6.92 Å². The monoisotopic (exact) mass is 361 g/mol. The molecule has 1 N–H and O–H groups in total. The van der Waals surface area contributed by atoms with E-state index in [9.17, 15) is 9.59 Å². The molecule has 0 aliphatic heterocycles. The lowest BCUT2D eigenvalue weighted by Crippen LogP contribution is -2.13. The molecule has 5 nitrogen and oxygen atoms in total. The molecule has 0 radical (unpaired) electrons. The highest BCUT2D eigenvalue weighted by molar-refractivity contribution is 6.05. The van der Waals surface area contributed by atoms with Crippen molar-refractivity contribution in [3.05, 3.63) is 90.0 Å². The van der Waals surface area contributed by atoms with Gasteiger partial charge in [0.25, 0.3) is 5.91 Å². The molecular weight excluding hydrogens is 342 g/mol. The van der Waals surface area contributed by atoms with Gasteiger partial charge in [-0.25, -0.2) is 4.79 Å². The van der Waals surface area contributed by atoms with E-state index in [4.69, 9.17) is 9.47 Å². The van der Waals surface area contributed by atoms with E-state index in [1.165, 1.54) is 0 Å². The molecule has 0 aliphatic carbocycles. The fraction of sp³-hybridized carbons (Fsp3) is 0.0909. The van der Waals surface area contributed by atoms with Gasteiger partial charge < -0.3 is 14.8 Å². The average Bonchev–Trinajstić information content (AvgIpc) is 2.69. The van der Waals surface area contributed by atoms with Crippen LogP contribution in [0.2, 0.25) is 0 Å². The number of nitrogens with one attached hydrogen (secondary N) is 1. The minimum Gasteiger partial charge on any atom is -0.462 e. The molecule has 0 aliphatic rings. The zero-order valence-electron chi connectivity index (χ0n) is 14.8. The summed E-state index contributed by atoms with van der Waals surface area (Å²) in [5.74, 6) is 0.535. The predicted molar refractivity (Wildman–Crippen MR) is 103 cm³/mol. The van der Waals surface area contributed by atoms with Gasteiger partial charge in [0.05, 0.1) is 12.2 Å². The van der Waals surface area contributed by atoms with Gasteiger partial charge in [0.15, 0.2) is 0 Å². The molecule has 3 aromatic rings. The van der Waals surface area contributed by atoms with Gasteiger partial charge in [-0.3, -0.25) is 4.79 Å².